The van der Waals surface area contributed by atoms with Crippen LogP contribution in [0.5, 0.6) is 0 Å². The number of alkyl halides is 3. The van der Waals surface area contributed by atoms with Crippen LogP contribution in [0.2, 0.25) is 0 Å². The van der Waals surface area contributed by atoms with E-state index < -0.39 is 23.7 Å². The van der Waals surface area contributed by atoms with Crippen molar-refractivity contribution in [3.63, 3.8) is 0 Å². The minimum Gasteiger partial charge on any atom is -0.337 e. The SMILES string of the molecule is CCC1CNC(=O)N(c2cccc(C(F)(F)F)c2)C(=O)C1. The van der Waals surface area contributed by atoms with Crippen molar-refractivity contribution in [3.05, 3.63) is 29.8 Å². The lowest BCUT2D eigenvalue weighted by molar-refractivity contribution is -0.137. The highest BCUT2D eigenvalue weighted by Crippen LogP contribution is 2.32. The van der Waals surface area contributed by atoms with Gasteiger partial charge in [0, 0.05) is 13.0 Å². The number of rotatable bonds is 2. The average molecular weight is 300 g/mol. The molecule has 1 fully saturated rings. The average Bonchev–Trinajstić information content (AvgIpc) is 2.56. The van der Waals surface area contributed by atoms with Gasteiger partial charge in [-0.1, -0.05) is 19.4 Å². The Labute approximate surface area is 119 Å². The van der Waals surface area contributed by atoms with Crippen molar-refractivity contribution in [2.45, 2.75) is 25.9 Å². The molecule has 1 unspecified atom stereocenters. The maximum Gasteiger partial charge on any atom is 0.416 e. The number of carbonyl (C=O) groups is 2. The Hall–Kier alpha value is -2.05. The first-order valence-corrected chi connectivity index (χ1v) is 6.61. The molecular weight excluding hydrogens is 285 g/mol. The molecule has 3 amide bonds. The zero-order chi connectivity index (χ0) is 15.6. The first-order chi connectivity index (χ1) is 9.82. The zero-order valence-corrected chi connectivity index (χ0v) is 11.4. The number of anilines is 1. The van der Waals surface area contributed by atoms with E-state index in [9.17, 15) is 22.8 Å². The lowest BCUT2D eigenvalue weighted by Crippen LogP contribution is -2.41. The van der Waals surface area contributed by atoms with Crippen LogP contribution in [0.3, 0.4) is 0 Å². The standard InChI is InChI=1S/C14H15F3N2O2/c1-2-9-6-12(20)19(13(21)18-8-9)11-5-3-4-10(7-11)14(15,16)17/h3-5,7,9H,2,6,8H2,1H3,(H,18,21). The van der Waals surface area contributed by atoms with E-state index in [1.54, 1.807) is 0 Å². The molecule has 1 aromatic carbocycles. The summed E-state index contributed by atoms with van der Waals surface area (Å²) in [7, 11) is 0. The van der Waals surface area contributed by atoms with Gasteiger partial charge < -0.3 is 5.32 Å². The molecule has 1 atom stereocenters. The number of urea groups is 1. The highest BCUT2D eigenvalue weighted by molar-refractivity contribution is 6.14. The van der Waals surface area contributed by atoms with Gasteiger partial charge in [0.1, 0.15) is 0 Å². The molecule has 4 nitrogen and oxygen atoms in total. The van der Waals surface area contributed by atoms with Gasteiger partial charge in [-0.05, 0) is 24.1 Å². The number of imide groups is 1. The summed E-state index contributed by atoms with van der Waals surface area (Å²) >= 11 is 0. The molecule has 0 bridgehead atoms. The predicted octanol–water partition coefficient (Wildman–Crippen LogP) is 3.18. The number of nitrogens with one attached hydrogen (secondary N) is 1. The van der Waals surface area contributed by atoms with Gasteiger partial charge in [-0.15, -0.1) is 0 Å². The van der Waals surface area contributed by atoms with Crippen molar-refractivity contribution in [3.8, 4) is 0 Å². The van der Waals surface area contributed by atoms with E-state index in [1.807, 2.05) is 6.92 Å². The normalized spacial score (nSPS) is 20.2. The van der Waals surface area contributed by atoms with E-state index in [0.717, 1.165) is 17.0 Å². The van der Waals surface area contributed by atoms with Crippen LogP contribution in [0.25, 0.3) is 0 Å². The van der Waals surface area contributed by atoms with Crippen molar-refractivity contribution in [2.24, 2.45) is 5.92 Å². The minimum absolute atomic E-state index is 0.00255. The highest BCUT2D eigenvalue weighted by atomic mass is 19.4. The Balaban J connectivity index is 2.35. The summed E-state index contributed by atoms with van der Waals surface area (Å²) in [6, 6.07) is 3.53. The summed E-state index contributed by atoms with van der Waals surface area (Å²) in [5, 5.41) is 2.57. The summed E-state index contributed by atoms with van der Waals surface area (Å²) in [5.41, 5.74) is -0.957. The fourth-order valence-electron chi connectivity index (χ4n) is 2.21. The number of carbonyl (C=O) groups excluding carboxylic acids is 2. The first-order valence-electron chi connectivity index (χ1n) is 6.61. The van der Waals surface area contributed by atoms with Gasteiger partial charge in [-0.2, -0.15) is 13.2 Å². The Morgan fingerprint density at radius 1 is 1.33 bits per heavy atom. The number of hydrogen-bond acceptors (Lipinski definition) is 2. The molecule has 0 aromatic heterocycles. The summed E-state index contributed by atoms with van der Waals surface area (Å²) in [5.74, 6) is -0.492. The molecule has 0 saturated carbocycles. The lowest BCUT2D eigenvalue weighted by Gasteiger charge is -2.19. The Morgan fingerprint density at radius 2 is 2.05 bits per heavy atom. The molecule has 21 heavy (non-hydrogen) atoms. The van der Waals surface area contributed by atoms with Crippen LogP contribution < -0.4 is 10.2 Å². The molecule has 2 rings (SSSR count). The highest BCUT2D eigenvalue weighted by Gasteiger charge is 2.33. The van der Waals surface area contributed by atoms with Crippen molar-refractivity contribution in [1.29, 1.82) is 0 Å². The maximum absolute atomic E-state index is 12.7. The van der Waals surface area contributed by atoms with Crippen LogP contribution in [-0.2, 0) is 11.0 Å². The van der Waals surface area contributed by atoms with Crippen molar-refractivity contribution >= 4 is 17.6 Å². The van der Waals surface area contributed by atoms with E-state index in [0.29, 0.717) is 13.0 Å². The lowest BCUT2D eigenvalue weighted by atomic mass is 10.0. The number of hydrogen-bond donors (Lipinski definition) is 1. The summed E-state index contributed by atoms with van der Waals surface area (Å²) in [6.45, 7) is 2.24. The molecule has 7 heteroatoms. The second-order valence-corrected chi connectivity index (χ2v) is 4.94. The van der Waals surface area contributed by atoms with Crippen LogP contribution >= 0.6 is 0 Å². The van der Waals surface area contributed by atoms with Crippen molar-refractivity contribution in [1.82, 2.24) is 5.32 Å². The maximum atomic E-state index is 12.7. The van der Waals surface area contributed by atoms with Gasteiger partial charge >= 0.3 is 12.2 Å². The van der Waals surface area contributed by atoms with Crippen molar-refractivity contribution < 1.29 is 22.8 Å². The van der Waals surface area contributed by atoms with Gasteiger partial charge in [0.25, 0.3) is 0 Å². The Morgan fingerprint density at radius 3 is 2.67 bits per heavy atom. The number of benzene rings is 1. The smallest absolute Gasteiger partial charge is 0.337 e. The van der Waals surface area contributed by atoms with Crippen LogP contribution in [0, 0.1) is 5.92 Å². The van der Waals surface area contributed by atoms with Gasteiger partial charge in [0.2, 0.25) is 5.91 Å². The zero-order valence-electron chi connectivity index (χ0n) is 11.4. The second kappa shape index (κ2) is 5.75. The topological polar surface area (TPSA) is 49.4 Å². The molecule has 1 aromatic rings. The van der Waals surface area contributed by atoms with Crippen LogP contribution in [0.15, 0.2) is 24.3 Å². The molecule has 1 N–H and O–H groups in total. The van der Waals surface area contributed by atoms with Gasteiger partial charge in [-0.3, -0.25) is 4.79 Å². The minimum atomic E-state index is -4.52. The van der Waals surface area contributed by atoms with Crippen molar-refractivity contribution in [2.75, 3.05) is 11.4 Å². The predicted molar refractivity (Wildman–Crippen MR) is 70.7 cm³/mol. The molecule has 1 heterocycles. The number of nitrogens with zero attached hydrogens (tertiary/aromatic N) is 1. The van der Waals surface area contributed by atoms with Crippen LogP contribution in [-0.4, -0.2) is 18.5 Å². The Kier molecular flexibility index (Phi) is 4.20. The van der Waals surface area contributed by atoms with E-state index in [4.69, 9.17) is 0 Å². The monoisotopic (exact) mass is 300 g/mol. The molecule has 1 aliphatic rings. The molecule has 1 aliphatic heterocycles. The molecule has 0 aliphatic carbocycles. The first kappa shape index (κ1) is 15.3. The third-order valence-electron chi connectivity index (χ3n) is 3.47. The quantitative estimate of drug-likeness (QED) is 0.912. The summed E-state index contributed by atoms with van der Waals surface area (Å²) < 4.78 is 38.2. The van der Waals surface area contributed by atoms with Crippen LogP contribution in [0.4, 0.5) is 23.7 Å². The number of halogens is 3. The Bertz CT molecular complexity index is 557. The number of amides is 3. The third kappa shape index (κ3) is 3.34. The van der Waals surface area contributed by atoms with Gasteiger partial charge in [0.05, 0.1) is 11.3 Å². The molecule has 0 radical (unpaired) electrons. The van der Waals surface area contributed by atoms with Gasteiger partial charge in [0.15, 0.2) is 0 Å². The second-order valence-electron chi connectivity index (χ2n) is 4.94. The third-order valence-corrected chi connectivity index (χ3v) is 3.47. The molecular formula is C14H15F3N2O2. The van der Waals surface area contributed by atoms with E-state index in [-0.39, 0.29) is 18.0 Å². The van der Waals surface area contributed by atoms with E-state index in [2.05, 4.69) is 5.32 Å². The molecule has 1 saturated heterocycles. The van der Waals surface area contributed by atoms with E-state index >= 15 is 0 Å². The molecule has 114 valence electrons. The van der Waals surface area contributed by atoms with E-state index in [1.165, 1.54) is 12.1 Å². The van der Waals surface area contributed by atoms with Crippen LogP contribution in [0.1, 0.15) is 25.3 Å². The molecule has 0 spiro atoms. The largest absolute Gasteiger partial charge is 0.416 e. The fraction of sp³-hybridized carbons (Fsp3) is 0.429. The van der Waals surface area contributed by atoms with Gasteiger partial charge in [-0.25, -0.2) is 9.69 Å². The summed E-state index contributed by atoms with van der Waals surface area (Å²) in [4.78, 5) is 24.9. The fourth-order valence-corrected chi connectivity index (χ4v) is 2.21. The summed E-state index contributed by atoms with van der Waals surface area (Å²) in [6.07, 6.45) is -3.68.